The van der Waals surface area contributed by atoms with Crippen molar-refractivity contribution in [3.63, 3.8) is 0 Å². The van der Waals surface area contributed by atoms with Crippen molar-refractivity contribution < 1.29 is 13.2 Å². The van der Waals surface area contributed by atoms with Crippen molar-refractivity contribution in [3.05, 3.63) is 59.1 Å². The number of hydrogen-bond acceptors (Lipinski definition) is 3. The van der Waals surface area contributed by atoms with Crippen LogP contribution in [0.1, 0.15) is 18.4 Å². The summed E-state index contributed by atoms with van der Waals surface area (Å²) in [5.41, 5.74) is 1.15. The van der Waals surface area contributed by atoms with Crippen LogP contribution in [-0.2, 0) is 21.2 Å². The maximum Gasteiger partial charge on any atom is 0.240 e. The Labute approximate surface area is 146 Å². The molecule has 7 heteroatoms. The number of carbonyl (C=O) groups is 1. The summed E-state index contributed by atoms with van der Waals surface area (Å²) in [6, 6.07) is 13.4. The van der Waals surface area contributed by atoms with Crippen LogP contribution in [0.3, 0.4) is 0 Å². The van der Waals surface area contributed by atoms with E-state index in [2.05, 4.69) is 10.0 Å². The van der Waals surface area contributed by atoms with E-state index in [0.29, 0.717) is 10.7 Å². The molecule has 2 aromatic carbocycles. The molecular weight excluding hydrogens is 348 g/mol. The number of halogens is 1. The highest BCUT2D eigenvalue weighted by Gasteiger charge is 2.28. The molecule has 24 heavy (non-hydrogen) atoms. The van der Waals surface area contributed by atoms with Crippen LogP contribution in [0.25, 0.3) is 0 Å². The third-order valence-corrected chi connectivity index (χ3v) is 5.52. The number of hydrogen-bond donors (Lipinski definition) is 2. The number of nitrogens with one attached hydrogen (secondary N) is 2. The van der Waals surface area contributed by atoms with Gasteiger partial charge in [0.15, 0.2) is 0 Å². The van der Waals surface area contributed by atoms with Crippen LogP contribution < -0.4 is 10.0 Å². The first-order valence-corrected chi connectivity index (χ1v) is 9.46. The third kappa shape index (κ3) is 4.35. The van der Waals surface area contributed by atoms with Gasteiger partial charge in [-0.15, -0.1) is 0 Å². The predicted molar refractivity (Wildman–Crippen MR) is 93.6 cm³/mol. The Balaban J connectivity index is 1.70. The molecule has 5 nitrogen and oxygen atoms in total. The van der Waals surface area contributed by atoms with Crippen molar-refractivity contribution in [1.82, 2.24) is 4.72 Å². The number of amides is 1. The predicted octanol–water partition coefficient (Wildman–Crippen LogP) is 2.96. The quantitative estimate of drug-likeness (QED) is 0.827. The van der Waals surface area contributed by atoms with Crippen molar-refractivity contribution in [3.8, 4) is 0 Å². The second-order valence-electron chi connectivity index (χ2n) is 5.74. The van der Waals surface area contributed by atoms with Gasteiger partial charge in [0.05, 0.1) is 11.3 Å². The molecule has 0 aromatic heterocycles. The van der Waals surface area contributed by atoms with E-state index in [4.69, 9.17) is 11.6 Å². The number of rotatable bonds is 6. The van der Waals surface area contributed by atoms with Crippen molar-refractivity contribution in [1.29, 1.82) is 0 Å². The van der Waals surface area contributed by atoms with E-state index in [1.54, 1.807) is 30.3 Å². The van der Waals surface area contributed by atoms with Gasteiger partial charge in [-0.1, -0.05) is 35.9 Å². The van der Waals surface area contributed by atoms with Gasteiger partial charge in [-0.05, 0) is 42.7 Å². The summed E-state index contributed by atoms with van der Waals surface area (Å²) in [6.45, 7) is 0. The fraction of sp³-hybridized carbons (Fsp3) is 0.235. The topological polar surface area (TPSA) is 75.3 Å². The van der Waals surface area contributed by atoms with Gasteiger partial charge in [-0.2, -0.15) is 0 Å². The van der Waals surface area contributed by atoms with Gasteiger partial charge in [0, 0.05) is 16.8 Å². The molecule has 0 bridgehead atoms. The van der Waals surface area contributed by atoms with E-state index in [9.17, 15) is 13.2 Å². The lowest BCUT2D eigenvalue weighted by molar-refractivity contribution is -0.115. The number of carbonyl (C=O) groups excluding carboxylic acids is 1. The molecule has 2 N–H and O–H groups in total. The maximum absolute atomic E-state index is 12.2. The van der Waals surface area contributed by atoms with Crippen LogP contribution in [0.2, 0.25) is 5.02 Å². The van der Waals surface area contributed by atoms with Crippen molar-refractivity contribution >= 4 is 33.2 Å². The average molecular weight is 365 g/mol. The molecule has 1 fully saturated rings. The standard InChI is InChI=1S/C17H17ClN2O3S/c18-16-7-2-1-4-12(16)10-17(21)19-14-5-3-6-15(11-14)24(22,23)20-13-8-9-13/h1-7,11,13,20H,8-10H2,(H,19,21). The van der Waals surface area contributed by atoms with Crippen LogP contribution >= 0.6 is 11.6 Å². The first-order valence-electron chi connectivity index (χ1n) is 7.60. The lowest BCUT2D eigenvalue weighted by atomic mass is 10.1. The Morgan fingerprint density at radius 3 is 2.58 bits per heavy atom. The summed E-state index contributed by atoms with van der Waals surface area (Å²) in [6.07, 6.45) is 1.86. The molecule has 1 amide bonds. The van der Waals surface area contributed by atoms with E-state index in [1.165, 1.54) is 12.1 Å². The van der Waals surface area contributed by atoms with Gasteiger partial charge < -0.3 is 5.32 Å². The zero-order chi connectivity index (χ0) is 17.2. The highest BCUT2D eigenvalue weighted by Crippen LogP contribution is 2.23. The first kappa shape index (κ1) is 17.0. The minimum Gasteiger partial charge on any atom is -0.326 e. The molecule has 2 aromatic rings. The van der Waals surface area contributed by atoms with Crippen LogP contribution in [0.15, 0.2) is 53.4 Å². The smallest absolute Gasteiger partial charge is 0.240 e. The van der Waals surface area contributed by atoms with E-state index >= 15 is 0 Å². The Morgan fingerprint density at radius 1 is 1.12 bits per heavy atom. The fourth-order valence-electron chi connectivity index (χ4n) is 2.25. The summed E-state index contributed by atoms with van der Waals surface area (Å²) >= 11 is 6.04. The summed E-state index contributed by atoms with van der Waals surface area (Å²) in [5.74, 6) is -0.257. The SMILES string of the molecule is O=C(Cc1ccccc1Cl)Nc1cccc(S(=O)(=O)NC2CC2)c1. The Hall–Kier alpha value is -1.89. The summed E-state index contributed by atoms with van der Waals surface area (Å²) in [5, 5.41) is 3.23. The van der Waals surface area contributed by atoms with Crippen LogP contribution in [0.5, 0.6) is 0 Å². The van der Waals surface area contributed by atoms with E-state index in [1.807, 2.05) is 6.07 Å². The molecule has 0 heterocycles. The maximum atomic E-state index is 12.2. The second kappa shape index (κ2) is 6.93. The molecule has 1 saturated carbocycles. The van der Waals surface area contributed by atoms with Gasteiger partial charge in [-0.25, -0.2) is 13.1 Å². The lowest BCUT2D eigenvalue weighted by Gasteiger charge is -2.09. The second-order valence-corrected chi connectivity index (χ2v) is 7.86. The molecule has 126 valence electrons. The Morgan fingerprint density at radius 2 is 1.88 bits per heavy atom. The number of sulfonamides is 1. The highest BCUT2D eigenvalue weighted by atomic mass is 35.5. The minimum absolute atomic E-state index is 0.0356. The highest BCUT2D eigenvalue weighted by molar-refractivity contribution is 7.89. The summed E-state index contributed by atoms with van der Waals surface area (Å²) in [4.78, 5) is 12.3. The Kier molecular flexibility index (Phi) is 4.89. The zero-order valence-electron chi connectivity index (χ0n) is 12.8. The van der Waals surface area contributed by atoms with Crippen LogP contribution in [0.4, 0.5) is 5.69 Å². The lowest BCUT2D eigenvalue weighted by Crippen LogP contribution is -2.25. The van der Waals surface area contributed by atoms with Crippen molar-refractivity contribution in [2.24, 2.45) is 0 Å². The fourth-order valence-corrected chi connectivity index (χ4v) is 3.80. The molecule has 0 unspecified atom stereocenters. The molecule has 1 aliphatic carbocycles. The van der Waals surface area contributed by atoms with Crippen molar-refractivity contribution in [2.45, 2.75) is 30.2 Å². The zero-order valence-corrected chi connectivity index (χ0v) is 14.4. The average Bonchev–Trinajstić information content (AvgIpc) is 3.33. The van der Waals surface area contributed by atoms with E-state index in [0.717, 1.165) is 18.4 Å². The molecule has 3 rings (SSSR count). The van der Waals surface area contributed by atoms with Gasteiger partial charge in [-0.3, -0.25) is 4.79 Å². The molecular formula is C17H17ClN2O3S. The third-order valence-electron chi connectivity index (χ3n) is 3.64. The summed E-state index contributed by atoms with van der Waals surface area (Å²) in [7, 11) is -3.54. The molecule has 0 radical (unpaired) electrons. The largest absolute Gasteiger partial charge is 0.326 e. The molecule has 1 aliphatic rings. The van der Waals surface area contributed by atoms with Crippen LogP contribution in [-0.4, -0.2) is 20.4 Å². The van der Waals surface area contributed by atoms with E-state index < -0.39 is 10.0 Å². The number of benzene rings is 2. The van der Waals surface area contributed by atoms with Gasteiger partial charge in [0.1, 0.15) is 0 Å². The minimum atomic E-state index is -3.54. The molecule has 0 spiro atoms. The molecule has 0 atom stereocenters. The van der Waals surface area contributed by atoms with Gasteiger partial charge >= 0.3 is 0 Å². The van der Waals surface area contributed by atoms with Gasteiger partial charge in [0.25, 0.3) is 0 Å². The van der Waals surface area contributed by atoms with Crippen molar-refractivity contribution in [2.75, 3.05) is 5.32 Å². The Bertz CT molecular complexity index is 864. The summed E-state index contributed by atoms with van der Waals surface area (Å²) < 4.78 is 27.0. The van der Waals surface area contributed by atoms with Crippen LogP contribution in [0, 0.1) is 0 Å². The monoisotopic (exact) mass is 364 g/mol. The molecule has 0 aliphatic heterocycles. The van der Waals surface area contributed by atoms with E-state index in [-0.39, 0.29) is 23.3 Å². The van der Waals surface area contributed by atoms with Gasteiger partial charge in [0.2, 0.25) is 15.9 Å². The first-order chi connectivity index (χ1) is 11.4. The number of anilines is 1. The molecule has 0 saturated heterocycles. The normalized spacial score (nSPS) is 14.4.